The summed E-state index contributed by atoms with van der Waals surface area (Å²) in [5.41, 5.74) is 6.67. The fourth-order valence-electron chi connectivity index (χ4n) is 2.22. The number of carbonyl (C=O) groups excluding carboxylic acids is 1. The summed E-state index contributed by atoms with van der Waals surface area (Å²) in [5, 5.41) is 0.395. The third kappa shape index (κ3) is 3.75. The van der Waals surface area contributed by atoms with Gasteiger partial charge in [0.15, 0.2) is 0 Å². The number of rotatable bonds is 1. The lowest BCUT2D eigenvalue weighted by Crippen LogP contribution is -2.48. The molecule has 19 heavy (non-hydrogen) atoms. The second kappa shape index (κ2) is 6.46. The van der Waals surface area contributed by atoms with Crippen molar-refractivity contribution in [3.8, 4) is 0 Å². The van der Waals surface area contributed by atoms with E-state index in [2.05, 4.69) is 0 Å². The minimum atomic E-state index is -0.0676. The van der Waals surface area contributed by atoms with Gasteiger partial charge in [0.2, 0.25) is 0 Å². The number of anilines is 1. The molecule has 0 saturated carbocycles. The molecule has 2 N–H and O–H groups in total. The van der Waals surface area contributed by atoms with Crippen molar-refractivity contribution in [3.63, 3.8) is 0 Å². The van der Waals surface area contributed by atoms with Gasteiger partial charge in [-0.25, -0.2) is 0 Å². The predicted molar refractivity (Wildman–Crippen MR) is 79.0 cm³/mol. The standard InChI is InChI=1S/C13H17ClN2O2.ClH/c1-8-6-16(7-9(2)18-8)13(17)11-4-3-10(15)5-12(11)14;/h3-5,8-9H,6-7,15H2,1-2H3;1H/t8-,9+;. The van der Waals surface area contributed by atoms with Crippen molar-refractivity contribution in [3.05, 3.63) is 28.8 Å². The monoisotopic (exact) mass is 304 g/mol. The largest absolute Gasteiger partial charge is 0.399 e. The Morgan fingerprint density at radius 2 is 1.95 bits per heavy atom. The molecule has 6 heteroatoms. The Balaban J connectivity index is 0.00000180. The number of amides is 1. The highest BCUT2D eigenvalue weighted by Crippen LogP contribution is 2.22. The van der Waals surface area contributed by atoms with Crippen LogP contribution in [0.2, 0.25) is 5.02 Å². The molecule has 1 aliphatic heterocycles. The lowest BCUT2D eigenvalue weighted by atomic mass is 10.1. The van der Waals surface area contributed by atoms with E-state index in [0.717, 1.165) is 0 Å². The molecule has 0 spiro atoms. The zero-order valence-electron chi connectivity index (χ0n) is 10.9. The van der Waals surface area contributed by atoms with Crippen molar-refractivity contribution < 1.29 is 9.53 Å². The van der Waals surface area contributed by atoms with Crippen molar-refractivity contribution >= 4 is 35.6 Å². The first-order chi connectivity index (χ1) is 8.47. The molecule has 0 unspecified atom stereocenters. The first-order valence-corrected chi connectivity index (χ1v) is 6.35. The normalized spacial score (nSPS) is 22.8. The van der Waals surface area contributed by atoms with E-state index in [1.54, 1.807) is 23.1 Å². The number of nitrogens with zero attached hydrogens (tertiary/aromatic N) is 1. The number of carbonyl (C=O) groups is 1. The summed E-state index contributed by atoms with van der Waals surface area (Å²) in [4.78, 5) is 14.1. The molecule has 0 radical (unpaired) electrons. The molecule has 0 aliphatic carbocycles. The lowest BCUT2D eigenvalue weighted by molar-refractivity contribution is -0.0586. The Labute approximate surface area is 124 Å². The van der Waals surface area contributed by atoms with Crippen LogP contribution in [-0.4, -0.2) is 36.1 Å². The summed E-state index contributed by atoms with van der Waals surface area (Å²) in [5.74, 6) is -0.0676. The smallest absolute Gasteiger partial charge is 0.255 e. The van der Waals surface area contributed by atoms with Crippen LogP contribution >= 0.6 is 24.0 Å². The van der Waals surface area contributed by atoms with Gasteiger partial charge in [-0.05, 0) is 32.0 Å². The van der Waals surface area contributed by atoms with E-state index in [1.165, 1.54) is 0 Å². The maximum absolute atomic E-state index is 12.4. The van der Waals surface area contributed by atoms with Crippen LogP contribution in [0, 0.1) is 0 Å². The van der Waals surface area contributed by atoms with E-state index in [9.17, 15) is 4.79 Å². The van der Waals surface area contributed by atoms with Gasteiger partial charge in [0, 0.05) is 18.8 Å². The van der Waals surface area contributed by atoms with E-state index in [0.29, 0.717) is 29.4 Å². The number of morpholine rings is 1. The number of ether oxygens (including phenoxy) is 1. The average molecular weight is 305 g/mol. The highest BCUT2D eigenvalue weighted by atomic mass is 35.5. The van der Waals surface area contributed by atoms with Gasteiger partial charge in [0.25, 0.3) is 5.91 Å². The molecule has 0 bridgehead atoms. The molecule has 1 amide bonds. The lowest BCUT2D eigenvalue weighted by Gasteiger charge is -2.35. The van der Waals surface area contributed by atoms with Crippen LogP contribution in [0.4, 0.5) is 5.69 Å². The van der Waals surface area contributed by atoms with Gasteiger partial charge in [-0.15, -0.1) is 12.4 Å². The molecule has 2 rings (SSSR count). The number of hydrogen-bond acceptors (Lipinski definition) is 3. The molecule has 1 fully saturated rings. The minimum Gasteiger partial charge on any atom is -0.399 e. The summed E-state index contributed by atoms with van der Waals surface area (Å²) in [6, 6.07) is 4.96. The SMILES string of the molecule is C[C@@H]1CN(C(=O)c2ccc(N)cc2Cl)C[C@H](C)O1.Cl. The van der Waals surface area contributed by atoms with E-state index in [4.69, 9.17) is 22.1 Å². The van der Waals surface area contributed by atoms with Crippen LogP contribution in [-0.2, 0) is 4.74 Å². The third-order valence-electron chi connectivity index (χ3n) is 2.93. The Morgan fingerprint density at radius 3 is 2.47 bits per heavy atom. The summed E-state index contributed by atoms with van der Waals surface area (Å²) >= 11 is 6.06. The first-order valence-electron chi connectivity index (χ1n) is 5.97. The number of nitrogen functional groups attached to an aromatic ring is 1. The van der Waals surface area contributed by atoms with Crippen molar-refractivity contribution in [1.29, 1.82) is 0 Å². The van der Waals surface area contributed by atoms with Crippen LogP contribution < -0.4 is 5.73 Å². The molecule has 4 nitrogen and oxygen atoms in total. The molecular formula is C13H18Cl2N2O2. The third-order valence-corrected chi connectivity index (χ3v) is 3.24. The average Bonchev–Trinajstić information content (AvgIpc) is 2.26. The van der Waals surface area contributed by atoms with Gasteiger partial charge in [0.1, 0.15) is 0 Å². The molecule has 1 aliphatic rings. The van der Waals surface area contributed by atoms with Crippen molar-refractivity contribution in [2.45, 2.75) is 26.1 Å². The summed E-state index contributed by atoms with van der Waals surface area (Å²) in [6.07, 6.45) is 0.0931. The number of hydrogen-bond donors (Lipinski definition) is 1. The molecule has 2 atom stereocenters. The molecule has 1 aromatic carbocycles. The number of halogens is 2. The molecule has 1 saturated heterocycles. The first kappa shape index (κ1) is 16.1. The van der Waals surface area contributed by atoms with Gasteiger partial charge in [-0.3, -0.25) is 4.79 Å². The summed E-state index contributed by atoms with van der Waals surface area (Å²) in [6.45, 7) is 5.09. The van der Waals surface area contributed by atoms with Crippen molar-refractivity contribution in [2.75, 3.05) is 18.8 Å². The van der Waals surface area contributed by atoms with Crippen LogP contribution in [0.25, 0.3) is 0 Å². The van der Waals surface area contributed by atoms with Crippen LogP contribution in [0.1, 0.15) is 24.2 Å². The highest BCUT2D eigenvalue weighted by Gasteiger charge is 2.27. The van der Waals surface area contributed by atoms with Gasteiger partial charge < -0.3 is 15.4 Å². The highest BCUT2D eigenvalue weighted by molar-refractivity contribution is 6.34. The van der Waals surface area contributed by atoms with E-state index in [-0.39, 0.29) is 30.5 Å². The van der Waals surface area contributed by atoms with Crippen LogP contribution in [0.5, 0.6) is 0 Å². The predicted octanol–water partition coefficient (Wildman–Crippen LogP) is 2.59. The van der Waals surface area contributed by atoms with Crippen molar-refractivity contribution in [1.82, 2.24) is 4.90 Å². The summed E-state index contributed by atoms with van der Waals surface area (Å²) < 4.78 is 5.60. The van der Waals surface area contributed by atoms with E-state index < -0.39 is 0 Å². The zero-order chi connectivity index (χ0) is 13.3. The van der Waals surface area contributed by atoms with Gasteiger partial charge in [-0.1, -0.05) is 11.6 Å². The maximum atomic E-state index is 12.4. The van der Waals surface area contributed by atoms with Crippen molar-refractivity contribution in [2.24, 2.45) is 0 Å². The Bertz CT molecular complexity index is 458. The van der Waals surface area contributed by atoms with Gasteiger partial charge in [0.05, 0.1) is 22.8 Å². The van der Waals surface area contributed by atoms with E-state index >= 15 is 0 Å². The Morgan fingerprint density at radius 1 is 1.37 bits per heavy atom. The molecule has 0 aromatic heterocycles. The second-order valence-electron chi connectivity index (χ2n) is 4.71. The molecule has 1 heterocycles. The Kier molecular flexibility index (Phi) is 5.47. The van der Waals surface area contributed by atoms with Gasteiger partial charge in [-0.2, -0.15) is 0 Å². The summed E-state index contributed by atoms with van der Waals surface area (Å²) in [7, 11) is 0. The number of benzene rings is 1. The fourth-order valence-corrected chi connectivity index (χ4v) is 2.49. The molecular weight excluding hydrogens is 287 g/mol. The molecule has 106 valence electrons. The topological polar surface area (TPSA) is 55.6 Å². The van der Waals surface area contributed by atoms with Gasteiger partial charge >= 0.3 is 0 Å². The second-order valence-corrected chi connectivity index (χ2v) is 5.11. The quantitative estimate of drug-likeness (QED) is 0.811. The molecule has 1 aromatic rings. The van der Waals surface area contributed by atoms with Crippen LogP contribution in [0.3, 0.4) is 0 Å². The maximum Gasteiger partial charge on any atom is 0.255 e. The Hall–Kier alpha value is -0.970. The zero-order valence-corrected chi connectivity index (χ0v) is 12.5. The minimum absolute atomic E-state index is 0. The number of nitrogens with two attached hydrogens (primary N) is 1. The van der Waals surface area contributed by atoms with E-state index in [1.807, 2.05) is 13.8 Å². The fraction of sp³-hybridized carbons (Fsp3) is 0.462. The van der Waals surface area contributed by atoms with Crippen LogP contribution in [0.15, 0.2) is 18.2 Å².